The highest BCUT2D eigenvalue weighted by Gasteiger charge is 2.18. The molecule has 0 radical (unpaired) electrons. The van der Waals surface area contributed by atoms with Crippen molar-refractivity contribution in [2.45, 2.75) is 13.1 Å². The summed E-state index contributed by atoms with van der Waals surface area (Å²) in [4.78, 5) is 27.8. The summed E-state index contributed by atoms with van der Waals surface area (Å²) in [6.07, 6.45) is 0. The maximum Gasteiger partial charge on any atom is 0.252 e. The van der Waals surface area contributed by atoms with Crippen LogP contribution in [-0.2, 0) is 13.1 Å². The number of nitrogens with zero attached hydrogens (tertiary/aromatic N) is 1. The largest absolute Gasteiger partial charge is 0.348 e. The Labute approximate surface area is 165 Å². The second-order valence-corrected chi connectivity index (χ2v) is 6.93. The zero-order chi connectivity index (χ0) is 19.9. The number of ketones is 1. The average molecular weight is 372 g/mol. The predicted octanol–water partition coefficient (Wildman–Crippen LogP) is 3.91. The van der Waals surface area contributed by atoms with Crippen LogP contribution in [0, 0.1) is 0 Å². The fraction of sp³-hybridized carbons (Fsp3) is 0.167. The second kappa shape index (κ2) is 9.11. The number of nitrogens with one attached hydrogen (secondary N) is 1. The van der Waals surface area contributed by atoms with Crippen molar-refractivity contribution in [1.29, 1.82) is 0 Å². The van der Waals surface area contributed by atoms with E-state index < -0.39 is 0 Å². The van der Waals surface area contributed by atoms with Crippen LogP contribution in [0.5, 0.6) is 0 Å². The molecule has 4 heteroatoms. The lowest BCUT2D eigenvalue weighted by Gasteiger charge is -2.15. The summed E-state index contributed by atoms with van der Waals surface area (Å²) < 4.78 is 0. The van der Waals surface area contributed by atoms with Crippen molar-refractivity contribution in [3.63, 3.8) is 0 Å². The molecule has 4 nitrogen and oxygen atoms in total. The molecule has 3 aromatic carbocycles. The zero-order valence-electron chi connectivity index (χ0n) is 16.2. The van der Waals surface area contributed by atoms with Gasteiger partial charge in [0.25, 0.3) is 5.91 Å². The van der Waals surface area contributed by atoms with Gasteiger partial charge >= 0.3 is 0 Å². The third-order valence-corrected chi connectivity index (χ3v) is 4.50. The topological polar surface area (TPSA) is 49.4 Å². The summed E-state index contributed by atoms with van der Waals surface area (Å²) in [5.74, 6) is -0.404. The van der Waals surface area contributed by atoms with Gasteiger partial charge in [-0.2, -0.15) is 0 Å². The molecule has 0 aliphatic carbocycles. The Balaban J connectivity index is 1.79. The van der Waals surface area contributed by atoms with E-state index in [1.54, 1.807) is 36.4 Å². The Morgan fingerprint density at radius 1 is 0.750 bits per heavy atom. The zero-order valence-corrected chi connectivity index (χ0v) is 16.2. The molecule has 0 heterocycles. The number of carbonyl (C=O) groups is 2. The van der Waals surface area contributed by atoms with Gasteiger partial charge in [0, 0.05) is 24.2 Å². The molecular weight excluding hydrogens is 348 g/mol. The summed E-state index contributed by atoms with van der Waals surface area (Å²) in [6.45, 7) is 1.21. The molecule has 0 aromatic heterocycles. The molecule has 3 aromatic rings. The van der Waals surface area contributed by atoms with Crippen molar-refractivity contribution in [3.8, 4) is 0 Å². The third kappa shape index (κ3) is 4.72. The SMILES string of the molecule is CN(C)Cc1ccccc1CNC(=O)c1ccccc1C(=O)c1ccccc1. The van der Waals surface area contributed by atoms with Gasteiger partial charge in [-0.05, 0) is 31.3 Å². The van der Waals surface area contributed by atoms with E-state index in [-0.39, 0.29) is 11.7 Å². The number of hydrogen-bond donors (Lipinski definition) is 1. The summed E-state index contributed by atoms with van der Waals surface area (Å²) in [7, 11) is 4.03. The van der Waals surface area contributed by atoms with E-state index in [1.165, 1.54) is 5.56 Å². The first-order valence-corrected chi connectivity index (χ1v) is 9.24. The molecule has 3 rings (SSSR count). The van der Waals surface area contributed by atoms with Gasteiger partial charge in [-0.3, -0.25) is 9.59 Å². The molecule has 0 aliphatic rings. The monoisotopic (exact) mass is 372 g/mol. The van der Waals surface area contributed by atoms with Gasteiger partial charge in [0.2, 0.25) is 0 Å². The molecule has 0 saturated carbocycles. The highest BCUT2D eigenvalue weighted by atomic mass is 16.2. The van der Waals surface area contributed by atoms with Gasteiger partial charge in [-0.1, -0.05) is 72.8 Å². The molecular formula is C24H24N2O2. The Hall–Kier alpha value is -3.24. The summed E-state index contributed by atoms with van der Waals surface area (Å²) in [5.41, 5.74) is 3.60. The molecule has 0 atom stereocenters. The standard InChI is InChI=1S/C24H24N2O2/c1-26(2)17-20-13-7-6-12-19(20)16-25-24(28)22-15-9-8-14-21(22)23(27)18-10-4-3-5-11-18/h3-15H,16-17H2,1-2H3,(H,25,28). The summed E-state index contributed by atoms with van der Waals surface area (Å²) >= 11 is 0. The molecule has 0 bridgehead atoms. The predicted molar refractivity (Wildman–Crippen MR) is 111 cm³/mol. The number of amides is 1. The maximum atomic E-state index is 12.8. The normalized spacial score (nSPS) is 10.7. The van der Waals surface area contributed by atoms with Gasteiger partial charge < -0.3 is 10.2 Å². The van der Waals surface area contributed by atoms with Crippen LogP contribution < -0.4 is 5.32 Å². The minimum absolute atomic E-state index is 0.153. The molecule has 1 amide bonds. The van der Waals surface area contributed by atoms with Crippen LogP contribution in [0.25, 0.3) is 0 Å². The molecule has 0 saturated heterocycles. The minimum Gasteiger partial charge on any atom is -0.348 e. The first-order valence-electron chi connectivity index (χ1n) is 9.24. The van der Waals surface area contributed by atoms with Crippen molar-refractivity contribution in [1.82, 2.24) is 10.2 Å². The Morgan fingerprint density at radius 2 is 1.32 bits per heavy atom. The molecule has 0 fully saturated rings. The van der Waals surface area contributed by atoms with Crippen molar-refractivity contribution >= 4 is 11.7 Å². The Kier molecular flexibility index (Phi) is 6.35. The molecule has 1 N–H and O–H groups in total. The van der Waals surface area contributed by atoms with E-state index in [2.05, 4.69) is 16.3 Å². The Bertz CT molecular complexity index is 965. The number of hydrogen-bond acceptors (Lipinski definition) is 3. The van der Waals surface area contributed by atoms with Gasteiger partial charge in [0.05, 0.1) is 5.56 Å². The van der Waals surface area contributed by atoms with Crippen molar-refractivity contribution in [3.05, 3.63) is 107 Å². The van der Waals surface area contributed by atoms with Crippen LogP contribution in [0.4, 0.5) is 0 Å². The van der Waals surface area contributed by atoms with Crippen LogP contribution in [-0.4, -0.2) is 30.7 Å². The maximum absolute atomic E-state index is 12.8. The van der Waals surface area contributed by atoms with Crippen LogP contribution in [0.3, 0.4) is 0 Å². The molecule has 142 valence electrons. The van der Waals surface area contributed by atoms with E-state index in [1.807, 2.05) is 50.5 Å². The van der Waals surface area contributed by atoms with E-state index in [9.17, 15) is 9.59 Å². The van der Waals surface area contributed by atoms with Gasteiger partial charge in [0.1, 0.15) is 0 Å². The summed E-state index contributed by atoms with van der Waals surface area (Å²) in [5, 5.41) is 2.97. The van der Waals surface area contributed by atoms with Gasteiger partial charge in [-0.25, -0.2) is 0 Å². The summed E-state index contributed by atoms with van der Waals surface area (Å²) in [6, 6.07) is 24.0. The molecule has 0 aliphatic heterocycles. The first kappa shape index (κ1) is 19.5. The fourth-order valence-electron chi connectivity index (χ4n) is 3.12. The van der Waals surface area contributed by atoms with Crippen molar-refractivity contribution in [2.75, 3.05) is 14.1 Å². The second-order valence-electron chi connectivity index (χ2n) is 6.93. The highest BCUT2D eigenvalue weighted by Crippen LogP contribution is 2.16. The van der Waals surface area contributed by atoms with Gasteiger partial charge in [0.15, 0.2) is 5.78 Å². The minimum atomic E-state index is -0.250. The van der Waals surface area contributed by atoms with E-state index in [0.717, 1.165) is 12.1 Å². The number of benzene rings is 3. The van der Waals surface area contributed by atoms with Crippen LogP contribution >= 0.6 is 0 Å². The molecule has 0 unspecified atom stereocenters. The van der Waals surface area contributed by atoms with Crippen LogP contribution in [0.1, 0.15) is 37.4 Å². The Morgan fingerprint density at radius 3 is 2.00 bits per heavy atom. The average Bonchev–Trinajstić information content (AvgIpc) is 2.72. The van der Waals surface area contributed by atoms with Gasteiger partial charge in [-0.15, -0.1) is 0 Å². The first-order chi connectivity index (χ1) is 13.6. The van der Waals surface area contributed by atoms with Crippen molar-refractivity contribution < 1.29 is 9.59 Å². The smallest absolute Gasteiger partial charge is 0.252 e. The lowest BCUT2D eigenvalue weighted by molar-refractivity contribution is 0.0939. The number of rotatable bonds is 7. The highest BCUT2D eigenvalue weighted by molar-refractivity contribution is 6.15. The lowest BCUT2D eigenvalue weighted by atomic mass is 9.98. The molecule has 28 heavy (non-hydrogen) atoms. The van der Waals surface area contributed by atoms with E-state index in [0.29, 0.717) is 23.2 Å². The van der Waals surface area contributed by atoms with Crippen LogP contribution in [0.15, 0.2) is 78.9 Å². The molecule has 0 spiro atoms. The quantitative estimate of drug-likeness (QED) is 0.640. The van der Waals surface area contributed by atoms with Crippen LogP contribution in [0.2, 0.25) is 0 Å². The van der Waals surface area contributed by atoms with E-state index in [4.69, 9.17) is 0 Å². The number of carbonyl (C=O) groups excluding carboxylic acids is 2. The fourth-order valence-corrected chi connectivity index (χ4v) is 3.12. The third-order valence-electron chi connectivity index (χ3n) is 4.50. The van der Waals surface area contributed by atoms with Crippen molar-refractivity contribution in [2.24, 2.45) is 0 Å². The lowest BCUT2D eigenvalue weighted by Crippen LogP contribution is -2.26. The van der Waals surface area contributed by atoms with E-state index >= 15 is 0 Å².